The third-order valence-electron chi connectivity index (χ3n) is 3.05. The van der Waals surface area contributed by atoms with Gasteiger partial charge in [-0.25, -0.2) is 9.78 Å². The van der Waals surface area contributed by atoms with Gasteiger partial charge in [0.2, 0.25) is 0 Å². The number of aromatic nitrogens is 1. The maximum absolute atomic E-state index is 11.8. The zero-order valence-corrected chi connectivity index (χ0v) is 11.6. The Kier molecular flexibility index (Phi) is 3.12. The van der Waals surface area contributed by atoms with Crippen molar-refractivity contribution in [2.75, 3.05) is 12.8 Å². The number of nitrogens with zero attached hydrogens (tertiary/aromatic N) is 1. The Labute approximate surface area is 119 Å². The number of pyridine rings is 1. The van der Waals surface area contributed by atoms with Crippen LogP contribution < -0.4 is 5.73 Å². The van der Waals surface area contributed by atoms with E-state index in [1.807, 2.05) is 29.6 Å². The number of ether oxygens (including phenoxy) is 1. The van der Waals surface area contributed by atoms with Gasteiger partial charge in [-0.15, -0.1) is 11.3 Å². The van der Waals surface area contributed by atoms with Gasteiger partial charge in [-0.3, -0.25) is 0 Å². The van der Waals surface area contributed by atoms with Crippen molar-refractivity contribution in [1.82, 2.24) is 4.98 Å². The lowest BCUT2D eigenvalue weighted by Crippen LogP contribution is -2.05. The zero-order valence-electron chi connectivity index (χ0n) is 10.8. The molecule has 2 aromatic heterocycles. The van der Waals surface area contributed by atoms with Crippen molar-refractivity contribution in [2.24, 2.45) is 0 Å². The van der Waals surface area contributed by atoms with Crippen LogP contribution in [0.4, 0.5) is 5.69 Å². The molecule has 100 valence electrons. The van der Waals surface area contributed by atoms with E-state index in [0.717, 1.165) is 15.8 Å². The van der Waals surface area contributed by atoms with Crippen LogP contribution in [0.1, 0.15) is 10.5 Å². The molecular formula is C15H12N2O2S. The van der Waals surface area contributed by atoms with Crippen molar-refractivity contribution in [2.45, 2.75) is 0 Å². The number of carbonyl (C=O) groups is 1. The van der Waals surface area contributed by atoms with Crippen molar-refractivity contribution in [3.63, 3.8) is 0 Å². The first-order chi connectivity index (χ1) is 9.70. The number of para-hydroxylation sites is 1. The van der Waals surface area contributed by atoms with Gasteiger partial charge in [0.05, 0.1) is 18.3 Å². The fourth-order valence-electron chi connectivity index (χ4n) is 2.12. The second-order valence-electron chi connectivity index (χ2n) is 4.27. The minimum atomic E-state index is -0.465. The molecule has 0 saturated carbocycles. The van der Waals surface area contributed by atoms with E-state index in [2.05, 4.69) is 4.98 Å². The highest BCUT2D eigenvalue weighted by molar-refractivity contribution is 7.13. The van der Waals surface area contributed by atoms with Crippen molar-refractivity contribution in [3.05, 3.63) is 47.5 Å². The van der Waals surface area contributed by atoms with Crippen LogP contribution in [0.5, 0.6) is 0 Å². The van der Waals surface area contributed by atoms with Gasteiger partial charge in [0.25, 0.3) is 0 Å². The molecular weight excluding hydrogens is 272 g/mol. The third-order valence-corrected chi connectivity index (χ3v) is 3.96. The van der Waals surface area contributed by atoms with Crippen LogP contribution in [0.25, 0.3) is 21.3 Å². The summed E-state index contributed by atoms with van der Waals surface area (Å²) in [5, 5.41) is 2.92. The van der Waals surface area contributed by atoms with Gasteiger partial charge in [0, 0.05) is 15.8 Å². The van der Waals surface area contributed by atoms with Crippen molar-refractivity contribution in [3.8, 4) is 10.4 Å². The number of esters is 1. The van der Waals surface area contributed by atoms with Gasteiger partial charge in [-0.2, -0.15) is 0 Å². The standard InChI is InChI=1S/C15H12N2O2S/c1-19-15(18)12-8-10(13-6-3-7-20-13)9-4-2-5-11(16)14(9)17-12/h2-8H,16H2,1H3. The first kappa shape index (κ1) is 12.6. The van der Waals surface area contributed by atoms with E-state index >= 15 is 0 Å². The number of fused-ring (bicyclic) bond motifs is 1. The van der Waals surface area contributed by atoms with Crippen LogP contribution in [0.2, 0.25) is 0 Å². The molecule has 2 N–H and O–H groups in total. The van der Waals surface area contributed by atoms with Crippen molar-refractivity contribution in [1.29, 1.82) is 0 Å². The Balaban J connectivity index is 2.36. The van der Waals surface area contributed by atoms with Gasteiger partial charge >= 0.3 is 5.97 Å². The predicted molar refractivity (Wildman–Crippen MR) is 80.8 cm³/mol. The SMILES string of the molecule is COC(=O)c1cc(-c2cccs2)c2cccc(N)c2n1. The number of thiophene rings is 1. The normalized spacial score (nSPS) is 10.7. The monoisotopic (exact) mass is 284 g/mol. The highest BCUT2D eigenvalue weighted by Gasteiger charge is 2.15. The summed E-state index contributed by atoms with van der Waals surface area (Å²) in [5.41, 5.74) is 8.36. The lowest BCUT2D eigenvalue weighted by atomic mass is 10.1. The largest absolute Gasteiger partial charge is 0.464 e. The Morgan fingerprint density at radius 3 is 2.85 bits per heavy atom. The molecule has 0 saturated heterocycles. The van der Waals surface area contributed by atoms with E-state index in [1.54, 1.807) is 23.5 Å². The molecule has 2 heterocycles. The fraction of sp³-hybridized carbons (Fsp3) is 0.0667. The fourth-order valence-corrected chi connectivity index (χ4v) is 2.87. The van der Waals surface area contributed by atoms with Crippen LogP contribution in [0.3, 0.4) is 0 Å². The first-order valence-corrected chi connectivity index (χ1v) is 6.90. The summed E-state index contributed by atoms with van der Waals surface area (Å²) in [6.45, 7) is 0. The van der Waals surface area contributed by atoms with E-state index in [-0.39, 0.29) is 5.69 Å². The number of methoxy groups -OCH3 is 1. The molecule has 20 heavy (non-hydrogen) atoms. The number of nitrogens with two attached hydrogens (primary N) is 1. The Morgan fingerprint density at radius 2 is 2.15 bits per heavy atom. The molecule has 0 radical (unpaired) electrons. The summed E-state index contributed by atoms with van der Waals surface area (Å²) < 4.78 is 4.76. The Bertz CT molecular complexity index is 782. The topological polar surface area (TPSA) is 65.2 Å². The van der Waals surface area contributed by atoms with Gasteiger partial charge in [0.15, 0.2) is 0 Å². The quantitative estimate of drug-likeness (QED) is 0.579. The molecule has 5 heteroatoms. The van der Waals surface area contributed by atoms with E-state index in [0.29, 0.717) is 11.2 Å². The van der Waals surface area contributed by atoms with E-state index in [9.17, 15) is 4.79 Å². The highest BCUT2D eigenvalue weighted by Crippen LogP contribution is 2.33. The molecule has 0 fully saturated rings. The second-order valence-corrected chi connectivity index (χ2v) is 5.22. The van der Waals surface area contributed by atoms with E-state index in [1.165, 1.54) is 7.11 Å². The average molecular weight is 284 g/mol. The smallest absolute Gasteiger partial charge is 0.356 e. The lowest BCUT2D eigenvalue weighted by molar-refractivity contribution is 0.0594. The number of nitrogen functional groups attached to an aromatic ring is 1. The highest BCUT2D eigenvalue weighted by atomic mass is 32.1. The summed E-state index contributed by atoms with van der Waals surface area (Å²) in [6, 6.07) is 11.3. The number of rotatable bonds is 2. The molecule has 0 unspecified atom stereocenters. The predicted octanol–water partition coefficient (Wildman–Crippen LogP) is 3.33. The van der Waals surface area contributed by atoms with Gasteiger partial charge in [-0.1, -0.05) is 18.2 Å². The molecule has 3 aromatic rings. The summed E-state index contributed by atoms with van der Waals surface area (Å²) in [7, 11) is 1.34. The Hall–Kier alpha value is -2.40. The van der Waals surface area contributed by atoms with Crippen molar-refractivity contribution < 1.29 is 9.53 Å². The minimum Gasteiger partial charge on any atom is -0.464 e. The molecule has 1 aromatic carbocycles. The molecule has 0 spiro atoms. The van der Waals surface area contributed by atoms with Gasteiger partial charge in [-0.05, 0) is 23.6 Å². The third kappa shape index (κ3) is 2.02. The summed E-state index contributed by atoms with van der Waals surface area (Å²) in [5.74, 6) is -0.465. The minimum absolute atomic E-state index is 0.265. The molecule has 0 aliphatic rings. The Morgan fingerprint density at radius 1 is 1.30 bits per heavy atom. The van der Waals surface area contributed by atoms with Crippen LogP contribution in [0, 0.1) is 0 Å². The van der Waals surface area contributed by atoms with Gasteiger partial charge in [0.1, 0.15) is 5.69 Å². The second kappa shape index (κ2) is 4.94. The number of benzene rings is 1. The summed E-state index contributed by atoms with van der Waals surface area (Å²) in [4.78, 5) is 17.2. The van der Waals surface area contributed by atoms with Gasteiger partial charge < -0.3 is 10.5 Å². The molecule has 0 aliphatic heterocycles. The van der Waals surface area contributed by atoms with E-state index in [4.69, 9.17) is 10.5 Å². The summed E-state index contributed by atoms with van der Waals surface area (Å²) in [6.07, 6.45) is 0. The molecule has 3 rings (SSSR count). The average Bonchev–Trinajstić information content (AvgIpc) is 3.00. The zero-order chi connectivity index (χ0) is 14.1. The van der Waals surface area contributed by atoms with E-state index < -0.39 is 5.97 Å². The van der Waals surface area contributed by atoms with Crippen LogP contribution >= 0.6 is 11.3 Å². The summed E-state index contributed by atoms with van der Waals surface area (Å²) >= 11 is 1.60. The maximum atomic E-state index is 11.8. The lowest BCUT2D eigenvalue weighted by Gasteiger charge is -2.09. The number of hydrogen-bond acceptors (Lipinski definition) is 5. The molecule has 0 bridgehead atoms. The molecule has 0 aliphatic carbocycles. The van der Waals surface area contributed by atoms with Crippen LogP contribution in [-0.2, 0) is 4.74 Å². The first-order valence-electron chi connectivity index (χ1n) is 6.02. The number of carbonyl (C=O) groups excluding carboxylic acids is 1. The number of anilines is 1. The molecule has 4 nitrogen and oxygen atoms in total. The van der Waals surface area contributed by atoms with Crippen molar-refractivity contribution >= 4 is 33.9 Å². The maximum Gasteiger partial charge on any atom is 0.356 e. The number of hydrogen-bond donors (Lipinski definition) is 1. The van der Waals surface area contributed by atoms with Crippen LogP contribution in [0.15, 0.2) is 41.8 Å². The molecule has 0 amide bonds. The molecule has 0 atom stereocenters. The van der Waals surface area contributed by atoms with Crippen LogP contribution in [-0.4, -0.2) is 18.1 Å².